The number of ether oxygens (including phenoxy) is 1. The Balaban J connectivity index is 1.97. The number of hydrogen-bond donors (Lipinski definition) is 1. The molecule has 0 saturated carbocycles. The van der Waals surface area contributed by atoms with E-state index >= 15 is 0 Å². The van der Waals surface area contributed by atoms with Crippen LogP contribution in [-0.4, -0.2) is 39.4 Å². The summed E-state index contributed by atoms with van der Waals surface area (Å²) >= 11 is 0. The number of methoxy groups -OCH3 is 1. The van der Waals surface area contributed by atoms with E-state index in [0.717, 1.165) is 49.1 Å². The van der Waals surface area contributed by atoms with Crippen molar-refractivity contribution in [3.05, 3.63) is 59.4 Å². The lowest BCUT2D eigenvalue weighted by molar-refractivity contribution is 0.0675. The van der Waals surface area contributed by atoms with Crippen LogP contribution in [0.25, 0.3) is 0 Å². The molecular formula is C22H27FN2O4S. The predicted molar refractivity (Wildman–Crippen MR) is 113 cm³/mol. The maximum Gasteiger partial charge on any atom is 0.257 e. The molecule has 2 aromatic carbocycles. The standard InChI is InChI=1S/C22H27FN2O4S/c1-3-24-30(27,28)18-12-13-20(23)19(15-18)22(26)25-14-6-4-5-7-21(25)16-8-10-17(29-2)11-9-16/h8-13,15,21,24H,3-7,14H2,1-2H3. The summed E-state index contributed by atoms with van der Waals surface area (Å²) in [6.45, 7) is 2.34. The Bertz CT molecular complexity index is 993. The number of nitrogens with one attached hydrogen (secondary N) is 1. The summed E-state index contributed by atoms with van der Waals surface area (Å²) in [4.78, 5) is 14.9. The molecule has 1 aliphatic heterocycles. The largest absolute Gasteiger partial charge is 0.497 e. The molecule has 0 spiro atoms. The minimum Gasteiger partial charge on any atom is -0.497 e. The first-order valence-electron chi connectivity index (χ1n) is 10.1. The smallest absolute Gasteiger partial charge is 0.257 e. The number of benzene rings is 2. The van der Waals surface area contributed by atoms with E-state index < -0.39 is 21.7 Å². The number of rotatable bonds is 6. The average molecular weight is 435 g/mol. The van der Waals surface area contributed by atoms with Crippen LogP contribution in [0.2, 0.25) is 0 Å². The summed E-state index contributed by atoms with van der Waals surface area (Å²) in [5.74, 6) is -0.505. The number of nitrogens with zero attached hydrogens (tertiary/aromatic N) is 1. The number of sulfonamides is 1. The quantitative estimate of drug-likeness (QED) is 0.748. The van der Waals surface area contributed by atoms with Gasteiger partial charge in [0.1, 0.15) is 11.6 Å². The highest BCUT2D eigenvalue weighted by Crippen LogP contribution is 2.33. The highest BCUT2D eigenvalue weighted by atomic mass is 32.2. The van der Waals surface area contributed by atoms with Crippen LogP contribution in [0.4, 0.5) is 4.39 Å². The van der Waals surface area contributed by atoms with Crippen LogP contribution in [-0.2, 0) is 10.0 Å². The molecule has 1 unspecified atom stereocenters. The molecule has 8 heteroatoms. The van der Waals surface area contributed by atoms with E-state index in [4.69, 9.17) is 4.74 Å². The number of carbonyl (C=O) groups excluding carboxylic acids is 1. The Morgan fingerprint density at radius 1 is 1.17 bits per heavy atom. The van der Waals surface area contributed by atoms with Gasteiger partial charge in [-0.25, -0.2) is 17.5 Å². The van der Waals surface area contributed by atoms with Gasteiger partial charge in [0.2, 0.25) is 10.0 Å². The second-order valence-electron chi connectivity index (χ2n) is 7.28. The lowest BCUT2D eigenvalue weighted by Gasteiger charge is -2.31. The summed E-state index contributed by atoms with van der Waals surface area (Å²) in [5, 5.41) is 0. The van der Waals surface area contributed by atoms with E-state index in [1.54, 1.807) is 18.9 Å². The van der Waals surface area contributed by atoms with Crippen molar-refractivity contribution in [2.45, 2.75) is 43.5 Å². The minimum absolute atomic E-state index is 0.120. The van der Waals surface area contributed by atoms with Gasteiger partial charge in [-0.15, -0.1) is 0 Å². The molecule has 0 bridgehead atoms. The van der Waals surface area contributed by atoms with E-state index in [-0.39, 0.29) is 23.0 Å². The fourth-order valence-corrected chi connectivity index (χ4v) is 4.85. The third kappa shape index (κ3) is 4.82. The fraction of sp³-hybridized carbons (Fsp3) is 0.409. The van der Waals surface area contributed by atoms with Crippen LogP contribution in [0, 0.1) is 5.82 Å². The Hall–Kier alpha value is -2.45. The minimum atomic E-state index is -3.80. The highest BCUT2D eigenvalue weighted by Gasteiger charge is 2.30. The first kappa shape index (κ1) is 22.2. The molecule has 0 aromatic heterocycles. The first-order valence-corrected chi connectivity index (χ1v) is 11.6. The second-order valence-corrected chi connectivity index (χ2v) is 9.05. The molecule has 1 saturated heterocycles. The van der Waals surface area contributed by atoms with Crippen molar-refractivity contribution in [3.63, 3.8) is 0 Å². The Morgan fingerprint density at radius 2 is 1.90 bits per heavy atom. The molecule has 1 amide bonds. The molecule has 1 atom stereocenters. The fourth-order valence-electron chi connectivity index (χ4n) is 3.79. The first-order chi connectivity index (χ1) is 14.4. The van der Waals surface area contributed by atoms with Gasteiger partial charge in [0.05, 0.1) is 23.6 Å². The zero-order valence-corrected chi connectivity index (χ0v) is 18.0. The monoisotopic (exact) mass is 434 g/mol. The van der Waals surface area contributed by atoms with Crippen LogP contribution in [0.5, 0.6) is 5.75 Å². The number of amides is 1. The van der Waals surface area contributed by atoms with E-state index in [2.05, 4.69) is 4.72 Å². The molecule has 6 nitrogen and oxygen atoms in total. The Kier molecular flexibility index (Phi) is 7.10. The van der Waals surface area contributed by atoms with Crippen LogP contribution in [0.15, 0.2) is 47.4 Å². The SMILES string of the molecule is CCNS(=O)(=O)c1ccc(F)c(C(=O)N2CCCCCC2c2ccc(OC)cc2)c1. The second kappa shape index (κ2) is 9.57. The number of hydrogen-bond acceptors (Lipinski definition) is 4. The summed E-state index contributed by atoms with van der Waals surface area (Å²) in [7, 11) is -2.20. The molecule has 1 aliphatic rings. The summed E-state index contributed by atoms with van der Waals surface area (Å²) in [6, 6.07) is 10.6. The van der Waals surface area contributed by atoms with Crippen LogP contribution >= 0.6 is 0 Å². The third-order valence-corrected chi connectivity index (χ3v) is 6.87. The zero-order chi connectivity index (χ0) is 21.7. The van der Waals surface area contributed by atoms with Gasteiger partial charge in [-0.05, 0) is 48.7 Å². The van der Waals surface area contributed by atoms with Gasteiger partial charge in [-0.2, -0.15) is 0 Å². The number of likely N-dealkylation sites (tertiary alicyclic amines) is 1. The van der Waals surface area contributed by atoms with Crippen LogP contribution in [0.3, 0.4) is 0 Å². The number of carbonyl (C=O) groups is 1. The maximum absolute atomic E-state index is 14.6. The molecule has 0 radical (unpaired) electrons. The lowest BCUT2D eigenvalue weighted by atomic mass is 10.00. The van der Waals surface area contributed by atoms with Crippen LogP contribution < -0.4 is 9.46 Å². The predicted octanol–water partition coefficient (Wildman–Crippen LogP) is 3.89. The zero-order valence-electron chi connectivity index (χ0n) is 17.2. The lowest BCUT2D eigenvalue weighted by Crippen LogP contribution is -2.35. The average Bonchev–Trinajstić information content (AvgIpc) is 2.99. The molecule has 3 rings (SSSR count). The Labute approximate surface area is 177 Å². The molecule has 30 heavy (non-hydrogen) atoms. The van der Waals surface area contributed by atoms with Crippen molar-refractivity contribution in [1.29, 1.82) is 0 Å². The van der Waals surface area contributed by atoms with Crippen LogP contribution in [0.1, 0.15) is 54.6 Å². The van der Waals surface area contributed by atoms with Crippen molar-refractivity contribution in [2.75, 3.05) is 20.2 Å². The van der Waals surface area contributed by atoms with E-state index in [1.807, 2.05) is 24.3 Å². The normalized spacial score (nSPS) is 17.4. The van der Waals surface area contributed by atoms with Gasteiger partial charge in [0.15, 0.2) is 0 Å². The van der Waals surface area contributed by atoms with Gasteiger partial charge < -0.3 is 9.64 Å². The van der Waals surface area contributed by atoms with Crippen molar-refractivity contribution < 1.29 is 22.3 Å². The van der Waals surface area contributed by atoms with Crippen molar-refractivity contribution in [3.8, 4) is 5.75 Å². The van der Waals surface area contributed by atoms with E-state index in [9.17, 15) is 17.6 Å². The van der Waals surface area contributed by atoms with E-state index in [0.29, 0.717) is 6.54 Å². The molecule has 1 heterocycles. The van der Waals surface area contributed by atoms with Crippen molar-refractivity contribution in [2.24, 2.45) is 0 Å². The molecular weight excluding hydrogens is 407 g/mol. The van der Waals surface area contributed by atoms with Gasteiger partial charge in [0, 0.05) is 13.1 Å². The molecule has 162 valence electrons. The topological polar surface area (TPSA) is 75.7 Å². The van der Waals surface area contributed by atoms with E-state index in [1.165, 1.54) is 6.07 Å². The van der Waals surface area contributed by atoms with Gasteiger partial charge in [-0.1, -0.05) is 31.9 Å². The molecule has 2 aromatic rings. The molecule has 0 aliphatic carbocycles. The summed E-state index contributed by atoms with van der Waals surface area (Å²) in [5.41, 5.74) is 0.720. The molecule has 1 fully saturated rings. The van der Waals surface area contributed by atoms with Gasteiger partial charge in [-0.3, -0.25) is 4.79 Å². The summed E-state index contributed by atoms with van der Waals surface area (Å²) < 4.78 is 46.8. The van der Waals surface area contributed by atoms with Crippen molar-refractivity contribution in [1.82, 2.24) is 9.62 Å². The Morgan fingerprint density at radius 3 is 2.57 bits per heavy atom. The summed E-state index contributed by atoms with van der Waals surface area (Å²) in [6.07, 6.45) is 3.51. The van der Waals surface area contributed by atoms with Gasteiger partial charge >= 0.3 is 0 Å². The van der Waals surface area contributed by atoms with Gasteiger partial charge in [0.25, 0.3) is 5.91 Å². The molecule has 1 N–H and O–H groups in total. The highest BCUT2D eigenvalue weighted by molar-refractivity contribution is 7.89. The third-order valence-electron chi connectivity index (χ3n) is 5.33. The van der Waals surface area contributed by atoms with Crippen molar-refractivity contribution >= 4 is 15.9 Å². The maximum atomic E-state index is 14.6. The number of halogens is 1.